The van der Waals surface area contributed by atoms with Gasteiger partial charge in [-0.15, -0.1) is 11.3 Å². The van der Waals surface area contributed by atoms with Gasteiger partial charge in [-0.1, -0.05) is 11.8 Å². The van der Waals surface area contributed by atoms with Crippen LogP contribution in [-0.2, 0) is 4.79 Å². The smallest absolute Gasteiger partial charge is 0.237 e. The van der Waals surface area contributed by atoms with Crippen LogP contribution < -0.4 is 14.8 Å². The fourth-order valence-electron chi connectivity index (χ4n) is 2.49. The summed E-state index contributed by atoms with van der Waals surface area (Å²) in [5, 5.41) is 4.45. The number of nitrogens with zero attached hydrogens (tertiary/aromatic N) is 1. The van der Waals surface area contributed by atoms with Crippen molar-refractivity contribution in [1.29, 1.82) is 0 Å². The van der Waals surface area contributed by atoms with E-state index in [1.807, 2.05) is 12.3 Å². The summed E-state index contributed by atoms with van der Waals surface area (Å²) in [4.78, 5) is 17.0. The lowest BCUT2D eigenvalue weighted by atomic mass is 10.2. The minimum Gasteiger partial charge on any atom is -0.454 e. The number of hydrogen-bond donors (Lipinski definition) is 1. The molecule has 138 valence electrons. The van der Waals surface area contributed by atoms with Crippen molar-refractivity contribution in [2.45, 2.75) is 16.5 Å². The summed E-state index contributed by atoms with van der Waals surface area (Å²) in [6, 6.07) is 11.5. The first-order valence-electron chi connectivity index (χ1n) is 8.17. The maximum atomic E-state index is 13.0. The Labute approximate surface area is 163 Å². The second kappa shape index (κ2) is 7.58. The highest BCUT2D eigenvalue weighted by atomic mass is 32.2. The molecule has 1 unspecified atom stereocenters. The Morgan fingerprint density at radius 3 is 2.81 bits per heavy atom. The van der Waals surface area contributed by atoms with Crippen LogP contribution in [0.5, 0.6) is 11.5 Å². The van der Waals surface area contributed by atoms with Crippen LogP contribution in [-0.4, -0.2) is 22.9 Å². The second-order valence-corrected chi connectivity index (χ2v) is 8.27. The molecule has 1 amide bonds. The molecule has 4 rings (SSSR count). The lowest BCUT2D eigenvalue weighted by molar-refractivity contribution is -0.115. The Morgan fingerprint density at radius 2 is 2.00 bits per heavy atom. The van der Waals surface area contributed by atoms with Crippen LogP contribution in [0.3, 0.4) is 0 Å². The molecule has 0 radical (unpaired) electrons. The van der Waals surface area contributed by atoms with Crippen LogP contribution >= 0.6 is 23.1 Å². The van der Waals surface area contributed by atoms with E-state index in [4.69, 9.17) is 9.47 Å². The molecule has 2 heterocycles. The molecule has 0 spiro atoms. The minimum atomic E-state index is -0.331. The normalized spacial score (nSPS) is 13.4. The number of fused-ring (bicyclic) bond motifs is 1. The zero-order valence-corrected chi connectivity index (χ0v) is 15.9. The molecule has 8 heteroatoms. The molecule has 2 aromatic carbocycles. The summed E-state index contributed by atoms with van der Waals surface area (Å²) in [7, 11) is 0. The number of halogens is 1. The largest absolute Gasteiger partial charge is 0.454 e. The number of benzene rings is 2. The van der Waals surface area contributed by atoms with Gasteiger partial charge in [0.2, 0.25) is 12.7 Å². The molecule has 0 aliphatic carbocycles. The highest BCUT2D eigenvalue weighted by molar-refractivity contribution is 8.02. The SMILES string of the molecule is CC(Sc1nc(-c2ccc(F)cc2)cs1)C(=O)Nc1ccc2c(c1)OCO2. The number of carbonyl (C=O) groups is 1. The van der Waals surface area contributed by atoms with Crippen molar-refractivity contribution in [3.05, 3.63) is 53.7 Å². The molecule has 1 atom stereocenters. The van der Waals surface area contributed by atoms with E-state index in [9.17, 15) is 9.18 Å². The van der Waals surface area contributed by atoms with E-state index in [-0.39, 0.29) is 23.8 Å². The van der Waals surface area contributed by atoms with Gasteiger partial charge in [-0.25, -0.2) is 9.37 Å². The Balaban J connectivity index is 1.39. The maximum Gasteiger partial charge on any atom is 0.237 e. The van der Waals surface area contributed by atoms with Crippen LogP contribution in [0.2, 0.25) is 0 Å². The molecular weight excluding hydrogens is 387 g/mol. The van der Waals surface area contributed by atoms with Crippen molar-refractivity contribution < 1.29 is 18.7 Å². The Morgan fingerprint density at radius 1 is 1.22 bits per heavy atom. The number of aromatic nitrogens is 1. The Hall–Kier alpha value is -2.58. The number of anilines is 1. The van der Waals surface area contributed by atoms with Crippen LogP contribution in [0.1, 0.15) is 6.92 Å². The third kappa shape index (κ3) is 4.06. The quantitative estimate of drug-likeness (QED) is 0.622. The van der Waals surface area contributed by atoms with Crippen molar-refractivity contribution in [3.63, 3.8) is 0 Å². The molecule has 0 saturated heterocycles. The topological polar surface area (TPSA) is 60.5 Å². The Kier molecular flexibility index (Phi) is 5.00. The number of carbonyl (C=O) groups excluding carboxylic acids is 1. The monoisotopic (exact) mass is 402 g/mol. The van der Waals surface area contributed by atoms with Crippen molar-refractivity contribution >= 4 is 34.7 Å². The van der Waals surface area contributed by atoms with Gasteiger partial charge in [-0.2, -0.15) is 0 Å². The van der Waals surface area contributed by atoms with E-state index in [2.05, 4.69) is 10.3 Å². The third-order valence-electron chi connectivity index (χ3n) is 3.91. The van der Waals surface area contributed by atoms with E-state index in [0.717, 1.165) is 15.6 Å². The highest BCUT2D eigenvalue weighted by Crippen LogP contribution is 2.35. The summed E-state index contributed by atoms with van der Waals surface area (Å²) < 4.78 is 24.4. The first kappa shape index (κ1) is 17.8. The van der Waals surface area contributed by atoms with Crippen molar-refractivity contribution in [3.8, 4) is 22.8 Å². The molecule has 5 nitrogen and oxygen atoms in total. The minimum absolute atomic E-state index is 0.127. The maximum absolute atomic E-state index is 13.0. The zero-order valence-electron chi connectivity index (χ0n) is 14.3. The fraction of sp³-hybridized carbons (Fsp3) is 0.158. The molecule has 27 heavy (non-hydrogen) atoms. The summed E-state index contributed by atoms with van der Waals surface area (Å²) in [5.74, 6) is 0.887. The molecule has 0 bridgehead atoms. The molecule has 1 aliphatic rings. The van der Waals surface area contributed by atoms with Gasteiger partial charge in [-0.05, 0) is 43.3 Å². The van der Waals surface area contributed by atoms with Crippen molar-refractivity contribution in [2.75, 3.05) is 12.1 Å². The highest BCUT2D eigenvalue weighted by Gasteiger charge is 2.19. The summed E-state index contributed by atoms with van der Waals surface area (Å²) in [5.41, 5.74) is 2.27. The molecule has 0 saturated carbocycles. The lowest BCUT2D eigenvalue weighted by Crippen LogP contribution is -2.22. The van der Waals surface area contributed by atoms with Gasteiger partial charge >= 0.3 is 0 Å². The second-order valence-electron chi connectivity index (χ2n) is 5.82. The number of amides is 1. The summed E-state index contributed by atoms with van der Waals surface area (Å²) >= 11 is 2.84. The van der Waals surface area contributed by atoms with Crippen LogP contribution in [0.25, 0.3) is 11.3 Å². The summed E-state index contributed by atoms with van der Waals surface area (Å²) in [6.07, 6.45) is 0. The number of rotatable bonds is 5. The van der Waals surface area contributed by atoms with Gasteiger partial charge in [-0.3, -0.25) is 4.79 Å². The van der Waals surface area contributed by atoms with Gasteiger partial charge in [0, 0.05) is 22.7 Å². The van der Waals surface area contributed by atoms with E-state index >= 15 is 0 Å². The van der Waals surface area contributed by atoms with Crippen LogP contribution in [0.4, 0.5) is 10.1 Å². The van der Waals surface area contributed by atoms with Gasteiger partial charge in [0.25, 0.3) is 0 Å². The molecule has 1 aliphatic heterocycles. The average Bonchev–Trinajstić information content (AvgIpc) is 3.31. The first-order chi connectivity index (χ1) is 13.1. The van der Waals surface area contributed by atoms with Gasteiger partial charge in [0.15, 0.2) is 15.8 Å². The van der Waals surface area contributed by atoms with Crippen molar-refractivity contribution in [1.82, 2.24) is 4.98 Å². The molecule has 1 aromatic heterocycles. The van der Waals surface area contributed by atoms with Crippen LogP contribution in [0, 0.1) is 5.82 Å². The summed E-state index contributed by atoms with van der Waals surface area (Å²) in [6.45, 7) is 2.02. The number of ether oxygens (including phenoxy) is 2. The van der Waals surface area contributed by atoms with Crippen LogP contribution in [0.15, 0.2) is 52.2 Å². The third-order valence-corrected chi connectivity index (χ3v) is 5.98. The zero-order chi connectivity index (χ0) is 18.8. The van der Waals surface area contributed by atoms with Gasteiger partial charge in [0.05, 0.1) is 10.9 Å². The molecular formula is C19H15FN2O3S2. The molecule has 0 fully saturated rings. The fourth-order valence-corrected chi connectivity index (χ4v) is 4.46. The van der Waals surface area contributed by atoms with E-state index < -0.39 is 0 Å². The predicted molar refractivity (Wildman–Crippen MR) is 104 cm³/mol. The molecule has 3 aromatic rings. The lowest BCUT2D eigenvalue weighted by Gasteiger charge is -2.11. The van der Waals surface area contributed by atoms with E-state index in [1.165, 1.54) is 35.2 Å². The number of hydrogen-bond acceptors (Lipinski definition) is 6. The Bertz CT molecular complexity index is 975. The number of thioether (sulfide) groups is 1. The van der Waals surface area contributed by atoms with Gasteiger partial charge < -0.3 is 14.8 Å². The van der Waals surface area contributed by atoms with Crippen molar-refractivity contribution in [2.24, 2.45) is 0 Å². The molecule has 1 N–H and O–H groups in total. The standard InChI is InChI=1S/C19H15FN2O3S2/c1-11(18(23)21-14-6-7-16-17(8-14)25-10-24-16)27-19-22-15(9-26-19)12-2-4-13(20)5-3-12/h2-9,11H,10H2,1H3,(H,21,23). The first-order valence-corrected chi connectivity index (χ1v) is 9.93. The number of thiazole rings is 1. The average molecular weight is 402 g/mol. The predicted octanol–water partition coefficient (Wildman–Crippen LogP) is 4.80. The van der Waals surface area contributed by atoms with E-state index in [1.54, 1.807) is 30.3 Å². The number of nitrogens with one attached hydrogen (secondary N) is 1. The van der Waals surface area contributed by atoms with Gasteiger partial charge in [0.1, 0.15) is 5.82 Å². The van der Waals surface area contributed by atoms with E-state index in [0.29, 0.717) is 17.2 Å².